The summed E-state index contributed by atoms with van der Waals surface area (Å²) in [5.74, 6) is 0.260. The fraction of sp³-hybridized carbons (Fsp3) is 0.133. The lowest BCUT2D eigenvalue weighted by atomic mass is 10.3. The molecule has 1 N–H and O–H groups in total. The number of anilines is 2. The molecule has 0 aliphatic heterocycles. The Bertz CT molecular complexity index is 954. The van der Waals surface area contributed by atoms with E-state index in [1.54, 1.807) is 6.07 Å². The summed E-state index contributed by atoms with van der Waals surface area (Å²) in [6.07, 6.45) is 2.87. The number of ether oxygens (including phenoxy) is 1. The monoisotopic (exact) mass is 366 g/mol. The average molecular weight is 367 g/mol. The van der Waals surface area contributed by atoms with Gasteiger partial charge < -0.3 is 10.1 Å². The van der Waals surface area contributed by atoms with Crippen molar-refractivity contribution in [2.45, 2.75) is 5.03 Å². The number of benzene rings is 1. The van der Waals surface area contributed by atoms with Crippen LogP contribution < -0.4 is 10.1 Å². The van der Waals surface area contributed by atoms with Gasteiger partial charge in [0.1, 0.15) is 17.7 Å². The molecule has 0 bridgehead atoms. The second kappa shape index (κ2) is 6.66. The van der Waals surface area contributed by atoms with Crippen molar-refractivity contribution < 1.29 is 13.3 Å². The van der Waals surface area contributed by atoms with E-state index < -0.39 is 16.6 Å². The lowest BCUT2D eigenvalue weighted by Gasteiger charge is -2.11. The molecule has 3 aromatic rings. The molecule has 0 radical (unpaired) electrons. The summed E-state index contributed by atoms with van der Waals surface area (Å²) < 4.78 is 30.3. The number of aromatic nitrogens is 3. The average Bonchev–Trinajstić information content (AvgIpc) is 2.57. The zero-order valence-electron chi connectivity index (χ0n) is 12.7. The van der Waals surface area contributed by atoms with Crippen LogP contribution in [0.4, 0.5) is 15.9 Å². The second-order valence-electron chi connectivity index (χ2n) is 4.79. The summed E-state index contributed by atoms with van der Waals surface area (Å²) in [5, 5.41) is 3.29. The normalized spacial score (nSPS) is 12.2. The summed E-state index contributed by atoms with van der Waals surface area (Å²) in [6, 6.07) is 5.85. The molecule has 0 aliphatic carbocycles. The summed E-state index contributed by atoms with van der Waals surface area (Å²) in [4.78, 5) is 12.7. The van der Waals surface area contributed by atoms with Gasteiger partial charge in [-0.1, -0.05) is 11.6 Å². The Hall–Kier alpha value is -2.32. The van der Waals surface area contributed by atoms with E-state index in [2.05, 4.69) is 20.3 Å². The molecule has 6 nitrogen and oxygen atoms in total. The lowest BCUT2D eigenvalue weighted by Crippen LogP contribution is -2.02. The second-order valence-corrected chi connectivity index (χ2v) is 6.50. The highest BCUT2D eigenvalue weighted by atomic mass is 35.5. The largest absolute Gasteiger partial charge is 0.494 e. The molecule has 24 heavy (non-hydrogen) atoms. The van der Waals surface area contributed by atoms with Crippen LogP contribution in [0.1, 0.15) is 0 Å². The van der Waals surface area contributed by atoms with Crippen molar-refractivity contribution in [3.8, 4) is 5.75 Å². The van der Waals surface area contributed by atoms with Gasteiger partial charge in [-0.2, -0.15) is 0 Å². The van der Waals surface area contributed by atoms with E-state index >= 15 is 0 Å². The van der Waals surface area contributed by atoms with E-state index in [0.717, 1.165) is 0 Å². The van der Waals surface area contributed by atoms with Crippen molar-refractivity contribution in [3.05, 3.63) is 41.4 Å². The van der Waals surface area contributed by atoms with Crippen molar-refractivity contribution in [1.29, 1.82) is 0 Å². The van der Waals surface area contributed by atoms with Gasteiger partial charge in [0.25, 0.3) is 0 Å². The van der Waals surface area contributed by atoms with Gasteiger partial charge in [-0.05, 0) is 18.2 Å². The number of rotatable bonds is 4. The minimum Gasteiger partial charge on any atom is -0.494 e. The molecule has 0 spiro atoms. The number of hydrogen-bond donors (Lipinski definition) is 1. The Morgan fingerprint density at radius 1 is 1.29 bits per heavy atom. The highest BCUT2D eigenvalue weighted by molar-refractivity contribution is 7.84. The Kier molecular flexibility index (Phi) is 4.59. The summed E-state index contributed by atoms with van der Waals surface area (Å²) in [7, 11) is 0.124. The van der Waals surface area contributed by atoms with E-state index in [0.29, 0.717) is 33.3 Å². The first kappa shape index (κ1) is 16.5. The predicted octanol–water partition coefficient (Wildman–Crippen LogP) is 3.31. The topological polar surface area (TPSA) is 77.0 Å². The quantitative estimate of drug-likeness (QED) is 0.763. The third-order valence-electron chi connectivity index (χ3n) is 3.22. The van der Waals surface area contributed by atoms with Crippen LogP contribution >= 0.6 is 11.6 Å². The smallest absolute Gasteiger partial charge is 0.169 e. The lowest BCUT2D eigenvalue weighted by molar-refractivity contribution is 0.401. The Labute approximate surface area is 144 Å². The Morgan fingerprint density at radius 3 is 2.75 bits per heavy atom. The van der Waals surface area contributed by atoms with Gasteiger partial charge in [0.15, 0.2) is 16.6 Å². The van der Waals surface area contributed by atoms with Crippen molar-refractivity contribution in [3.63, 3.8) is 0 Å². The van der Waals surface area contributed by atoms with Crippen molar-refractivity contribution in [2.24, 2.45) is 0 Å². The number of halogens is 2. The number of hydrogen-bond acceptors (Lipinski definition) is 6. The number of nitrogens with one attached hydrogen (secondary N) is 1. The van der Waals surface area contributed by atoms with Crippen LogP contribution in [0.3, 0.4) is 0 Å². The molecule has 0 saturated heterocycles. The van der Waals surface area contributed by atoms with Crippen molar-refractivity contribution in [2.75, 3.05) is 18.7 Å². The SMILES string of the molecule is COc1cc2ncnc(Nc3ccc(F)c(Cl)c3)c2nc1S(C)=O. The molecule has 1 atom stereocenters. The molecule has 0 aliphatic rings. The fourth-order valence-electron chi connectivity index (χ4n) is 2.11. The molecule has 1 aromatic carbocycles. The summed E-state index contributed by atoms with van der Waals surface area (Å²) >= 11 is 5.78. The molecular formula is C15H12ClFN4O2S. The third kappa shape index (κ3) is 3.15. The first-order valence-electron chi connectivity index (χ1n) is 6.75. The molecule has 0 amide bonds. The van der Waals surface area contributed by atoms with Gasteiger partial charge in [0, 0.05) is 18.0 Å². The molecule has 9 heteroatoms. The predicted molar refractivity (Wildman–Crippen MR) is 90.9 cm³/mol. The first-order valence-corrected chi connectivity index (χ1v) is 8.68. The highest BCUT2D eigenvalue weighted by Crippen LogP contribution is 2.29. The molecule has 124 valence electrons. The zero-order chi connectivity index (χ0) is 17.3. The zero-order valence-corrected chi connectivity index (χ0v) is 14.3. The van der Waals surface area contributed by atoms with Gasteiger partial charge in [-0.3, -0.25) is 4.21 Å². The minimum atomic E-state index is -1.35. The number of pyridine rings is 1. The first-order chi connectivity index (χ1) is 11.5. The molecule has 1 unspecified atom stereocenters. The molecular weight excluding hydrogens is 355 g/mol. The van der Waals surface area contributed by atoms with Crippen LogP contribution in [0.15, 0.2) is 35.6 Å². The van der Waals surface area contributed by atoms with E-state index in [1.807, 2.05) is 0 Å². The van der Waals surface area contributed by atoms with Gasteiger partial charge in [-0.15, -0.1) is 0 Å². The fourth-order valence-corrected chi connectivity index (χ4v) is 2.93. The Morgan fingerprint density at radius 2 is 2.08 bits per heavy atom. The standard InChI is InChI=1S/C15H12ClFN4O2S/c1-23-12-6-11-13(21-15(12)24(2)22)14(19-7-18-11)20-8-3-4-10(17)9(16)5-8/h3-7H,1-2H3,(H,18,19,20). The Balaban J connectivity index is 2.12. The van der Waals surface area contributed by atoms with Crippen molar-refractivity contribution >= 4 is 44.9 Å². The van der Waals surface area contributed by atoms with E-state index in [1.165, 1.54) is 37.9 Å². The highest BCUT2D eigenvalue weighted by Gasteiger charge is 2.15. The van der Waals surface area contributed by atoms with Gasteiger partial charge in [-0.25, -0.2) is 19.3 Å². The van der Waals surface area contributed by atoms with E-state index in [9.17, 15) is 8.60 Å². The molecule has 2 heterocycles. The molecule has 2 aromatic heterocycles. The minimum absolute atomic E-state index is 0.0108. The molecule has 3 rings (SSSR count). The molecule has 0 fully saturated rings. The maximum Gasteiger partial charge on any atom is 0.169 e. The van der Waals surface area contributed by atoms with Gasteiger partial charge in [0.2, 0.25) is 0 Å². The van der Waals surface area contributed by atoms with Crippen LogP contribution in [0, 0.1) is 5.82 Å². The van der Waals surface area contributed by atoms with Crippen LogP contribution in [-0.4, -0.2) is 32.5 Å². The summed E-state index contributed by atoms with van der Waals surface area (Å²) in [5.41, 5.74) is 1.48. The van der Waals surface area contributed by atoms with Crippen LogP contribution in [0.2, 0.25) is 5.02 Å². The molecule has 0 saturated carbocycles. The van der Waals surface area contributed by atoms with E-state index in [4.69, 9.17) is 16.3 Å². The van der Waals surface area contributed by atoms with Crippen LogP contribution in [0.5, 0.6) is 5.75 Å². The van der Waals surface area contributed by atoms with Crippen LogP contribution in [-0.2, 0) is 10.8 Å². The van der Waals surface area contributed by atoms with E-state index in [-0.39, 0.29) is 5.02 Å². The number of methoxy groups -OCH3 is 1. The maximum atomic E-state index is 13.3. The number of nitrogens with zero attached hydrogens (tertiary/aromatic N) is 3. The maximum absolute atomic E-state index is 13.3. The van der Waals surface area contributed by atoms with Gasteiger partial charge in [0.05, 0.1) is 28.4 Å². The van der Waals surface area contributed by atoms with Crippen LogP contribution in [0.25, 0.3) is 11.0 Å². The third-order valence-corrected chi connectivity index (χ3v) is 4.34. The summed E-state index contributed by atoms with van der Waals surface area (Å²) in [6.45, 7) is 0. The van der Waals surface area contributed by atoms with Gasteiger partial charge >= 0.3 is 0 Å². The van der Waals surface area contributed by atoms with Crippen molar-refractivity contribution in [1.82, 2.24) is 15.0 Å². The number of fused-ring (bicyclic) bond motifs is 1.